The van der Waals surface area contributed by atoms with Crippen LogP contribution in [0.3, 0.4) is 0 Å². The van der Waals surface area contributed by atoms with Gasteiger partial charge in [0.15, 0.2) is 0 Å². The van der Waals surface area contributed by atoms with E-state index < -0.39 is 5.97 Å². The van der Waals surface area contributed by atoms with Crippen molar-refractivity contribution >= 4 is 51.7 Å². The second kappa shape index (κ2) is 9.59. The molecule has 0 aliphatic heterocycles. The fourth-order valence-corrected chi connectivity index (χ4v) is 2.74. The quantitative estimate of drug-likeness (QED) is 0.521. The summed E-state index contributed by atoms with van der Waals surface area (Å²) in [6.45, 7) is 4.37. The standard InChI is InChI=1S/C18H20Cl2N2O4/c1-3-5-14(23)26-9-8-21-16-11-6-7-13(19)15(20)17(11)22-10-12(16)18(24)25-4-2/h6-7,10H,3-5,8-9H2,1-2H3,(H,21,22). The molecule has 2 rings (SSSR count). The molecular weight excluding hydrogens is 379 g/mol. The fourth-order valence-electron chi connectivity index (χ4n) is 2.38. The number of nitrogens with zero attached hydrogens (tertiary/aromatic N) is 1. The van der Waals surface area contributed by atoms with Gasteiger partial charge in [-0.1, -0.05) is 30.1 Å². The number of halogens is 2. The first-order chi connectivity index (χ1) is 12.5. The largest absolute Gasteiger partial charge is 0.464 e. The molecule has 0 spiro atoms. The lowest BCUT2D eigenvalue weighted by molar-refractivity contribution is -0.143. The molecule has 0 aliphatic rings. The van der Waals surface area contributed by atoms with Gasteiger partial charge in [-0.25, -0.2) is 4.79 Å². The molecule has 0 unspecified atom stereocenters. The van der Waals surface area contributed by atoms with Crippen LogP contribution in [-0.4, -0.2) is 36.7 Å². The first-order valence-corrected chi connectivity index (χ1v) is 9.08. The molecule has 140 valence electrons. The van der Waals surface area contributed by atoms with Crippen LogP contribution in [0.1, 0.15) is 37.0 Å². The van der Waals surface area contributed by atoms with Crippen molar-refractivity contribution in [3.63, 3.8) is 0 Å². The highest BCUT2D eigenvalue weighted by molar-refractivity contribution is 6.45. The third-order valence-electron chi connectivity index (χ3n) is 3.55. The first-order valence-electron chi connectivity index (χ1n) is 8.32. The lowest BCUT2D eigenvalue weighted by atomic mass is 10.1. The van der Waals surface area contributed by atoms with Gasteiger partial charge in [0.2, 0.25) is 0 Å². The number of rotatable bonds is 8. The average Bonchev–Trinajstić information content (AvgIpc) is 2.62. The molecular formula is C18H20Cl2N2O4. The van der Waals surface area contributed by atoms with Crippen molar-refractivity contribution < 1.29 is 19.1 Å². The number of hydrogen-bond donors (Lipinski definition) is 1. The van der Waals surface area contributed by atoms with Crippen molar-refractivity contribution in [2.45, 2.75) is 26.7 Å². The van der Waals surface area contributed by atoms with Crippen molar-refractivity contribution in [1.29, 1.82) is 0 Å². The van der Waals surface area contributed by atoms with Crippen LogP contribution in [0, 0.1) is 0 Å². The van der Waals surface area contributed by atoms with Gasteiger partial charge in [-0.3, -0.25) is 9.78 Å². The maximum atomic E-state index is 12.2. The van der Waals surface area contributed by atoms with E-state index in [0.717, 1.165) is 6.42 Å². The minimum Gasteiger partial charge on any atom is -0.464 e. The van der Waals surface area contributed by atoms with E-state index in [4.69, 9.17) is 32.7 Å². The zero-order valence-electron chi connectivity index (χ0n) is 14.6. The number of pyridine rings is 1. The molecule has 0 bridgehead atoms. The van der Waals surface area contributed by atoms with Crippen molar-refractivity contribution in [2.24, 2.45) is 0 Å². The van der Waals surface area contributed by atoms with Crippen LogP contribution in [0.4, 0.5) is 5.69 Å². The number of benzene rings is 1. The molecule has 6 nitrogen and oxygen atoms in total. The van der Waals surface area contributed by atoms with E-state index >= 15 is 0 Å². The summed E-state index contributed by atoms with van der Waals surface area (Å²) in [5.41, 5.74) is 1.26. The Labute approximate surface area is 161 Å². The lowest BCUT2D eigenvalue weighted by Gasteiger charge is -2.15. The lowest BCUT2D eigenvalue weighted by Crippen LogP contribution is -2.16. The van der Waals surface area contributed by atoms with Gasteiger partial charge in [0.1, 0.15) is 12.2 Å². The Kier molecular flexibility index (Phi) is 7.48. The van der Waals surface area contributed by atoms with E-state index in [2.05, 4.69) is 10.3 Å². The van der Waals surface area contributed by atoms with Crippen LogP contribution in [0.2, 0.25) is 10.0 Å². The van der Waals surface area contributed by atoms with Crippen molar-refractivity contribution in [3.05, 3.63) is 33.9 Å². The molecule has 0 saturated carbocycles. The molecule has 1 aromatic carbocycles. The minimum atomic E-state index is -0.501. The number of hydrogen-bond acceptors (Lipinski definition) is 6. The Bertz CT molecular complexity index is 811. The average molecular weight is 399 g/mol. The van der Waals surface area contributed by atoms with Crippen molar-refractivity contribution in [2.75, 3.05) is 25.1 Å². The molecule has 1 N–H and O–H groups in total. The zero-order valence-corrected chi connectivity index (χ0v) is 16.1. The van der Waals surface area contributed by atoms with Gasteiger partial charge in [-0.05, 0) is 25.5 Å². The smallest absolute Gasteiger partial charge is 0.341 e. The summed E-state index contributed by atoms with van der Waals surface area (Å²) in [6.07, 6.45) is 2.50. The van der Waals surface area contributed by atoms with E-state index in [9.17, 15) is 9.59 Å². The Morgan fingerprint density at radius 1 is 1.19 bits per heavy atom. The summed E-state index contributed by atoms with van der Waals surface area (Å²) in [5, 5.41) is 4.42. The minimum absolute atomic E-state index is 0.173. The van der Waals surface area contributed by atoms with Crippen LogP contribution in [-0.2, 0) is 14.3 Å². The molecule has 0 fully saturated rings. The molecule has 1 aromatic heterocycles. The first kappa shape index (κ1) is 20.3. The van der Waals surface area contributed by atoms with Gasteiger partial charge in [0, 0.05) is 24.5 Å². The summed E-state index contributed by atoms with van der Waals surface area (Å²) in [5.74, 6) is -0.757. The van der Waals surface area contributed by atoms with Gasteiger partial charge in [0.05, 0.1) is 27.9 Å². The van der Waals surface area contributed by atoms with Crippen molar-refractivity contribution in [3.8, 4) is 0 Å². The highest BCUT2D eigenvalue weighted by atomic mass is 35.5. The molecule has 1 heterocycles. The van der Waals surface area contributed by atoms with E-state index in [1.165, 1.54) is 6.20 Å². The molecule has 0 saturated heterocycles. The van der Waals surface area contributed by atoms with Gasteiger partial charge < -0.3 is 14.8 Å². The maximum absolute atomic E-state index is 12.2. The van der Waals surface area contributed by atoms with Crippen LogP contribution in [0.25, 0.3) is 10.9 Å². The molecule has 0 atom stereocenters. The van der Waals surface area contributed by atoms with E-state index in [0.29, 0.717) is 39.6 Å². The summed E-state index contributed by atoms with van der Waals surface area (Å²) in [6, 6.07) is 3.36. The molecule has 0 radical (unpaired) electrons. The molecule has 8 heteroatoms. The Morgan fingerprint density at radius 3 is 2.65 bits per heavy atom. The van der Waals surface area contributed by atoms with Gasteiger partial charge in [0.25, 0.3) is 0 Å². The predicted molar refractivity (Wildman–Crippen MR) is 102 cm³/mol. The second-order valence-electron chi connectivity index (χ2n) is 5.42. The predicted octanol–water partition coefficient (Wildman–Crippen LogP) is 4.47. The Morgan fingerprint density at radius 2 is 1.96 bits per heavy atom. The molecule has 0 amide bonds. The van der Waals surface area contributed by atoms with Gasteiger partial charge >= 0.3 is 11.9 Å². The number of nitrogens with one attached hydrogen (secondary N) is 1. The summed E-state index contributed by atoms with van der Waals surface area (Å²) >= 11 is 12.3. The van der Waals surface area contributed by atoms with Gasteiger partial charge in [-0.2, -0.15) is 0 Å². The van der Waals surface area contributed by atoms with Crippen LogP contribution in [0.15, 0.2) is 18.3 Å². The van der Waals surface area contributed by atoms with E-state index in [1.54, 1.807) is 19.1 Å². The number of ether oxygens (including phenoxy) is 2. The SMILES string of the molecule is CCCC(=O)OCCNc1c(C(=O)OCC)cnc2c(Cl)c(Cl)ccc12. The second-order valence-corrected chi connectivity index (χ2v) is 6.21. The number of fused-ring (bicyclic) bond motifs is 1. The van der Waals surface area contributed by atoms with Crippen molar-refractivity contribution in [1.82, 2.24) is 4.98 Å². The van der Waals surface area contributed by atoms with E-state index in [1.807, 2.05) is 6.92 Å². The number of carbonyl (C=O) groups is 2. The zero-order chi connectivity index (χ0) is 19.1. The van der Waals surface area contributed by atoms with Crippen LogP contribution in [0.5, 0.6) is 0 Å². The monoisotopic (exact) mass is 398 g/mol. The Hall–Kier alpha value is -2.05. The third-order valence-corrected chi connectivity index (χ3v) is 4.34. The maximum Gasteiger partial charge on any atom is 0.341 e. The topological polar surface area (TPSA) is 77.5 Å². The number of aromatic nitrogens is 1. The van der Waals surface area contributed by atoms with Crippen LogP contribution >= 0.6 is 23.2 Å². The highest BCUT2D eigenvalue weighted by Crippen LogP contribution is 2.34. The summed E-state index contributed by atoms with van der Waals surface area (Å²) in [4.78, 5) is 27.9. The molecule has 26 heavy (non-hydrogen) atoms. The normalized spacial score (nSPS) is 10.6. The number of anilines is 1. The van der Waals surface area contributed by atoms with E-state index in [-0.39, 0.29) is 24.7 Å². The Balaban J connectivity index is 2.30. The summed E-state index contributed by atoms with van der Waals surface area (Å²) in [7, 11) is 0. The summed E-state index contributed by atoms with van der Waals surface area (Å²) < 4.78 is 10.2. The molecule has 2 aromatic rings. The van der Waals surface area contributed by atoms with Gasteiger partial charge in [-0.15, -0.1) is 0 Å². The number of esters is 2. The number of carbonyl (C=O) groups excluding carboxylic acids is 2. The third kappa shape index (κ3) is 4.77. The fraction of sp³-hybridized carbons (Fsp3) is 0.389. The molecule has 0 aliphatic carbocycles. The highest BCUT2D eigenvalue weighted by Gasteiger charge is 2.18. The van der Waals surface area contributed by atoms with Crippen LogP contribution < -0.4 is 5.32 Å².